The summed E-state index contributed by atoms with van der Waals surface area (Å²) in [5.74, 6) is 2.01. The Morgan fingerprint density at radius 1 is 1.45 bits per heavy atom. The van der Waals surface area contributed by atoms with Gasteiger partial charge in [0.2, 0.25) is 0 Å². The van der Waals surface area contributed by atoms with Crippen molar-refractivity contribution >= 4 is 0 Å². The molecular weight excluding hydrogens is 132 g/mol. The van der Waals surface area contributed by atoms with E-state index >= 15 is 0 Å². The summed E-state index contributed by atoms with van der Waals surface area (Å²) in [6, 6.07) is 0. The van der Waals surface area contributed by atoms with Crippen LogP contribution in [0.4, 0.5) is 0 Å². The molecule has 0 aromatic heterocycles. The molecule has 2 atom stereocenters. The molecular formula is C11H14. The van der Waals surface area contributed by atoms with E-state index < -0.39 is 0 Å². The minimum absolute atomic E-state index is 1.00. The Morgan fingerprint density at radius 3 is 3.00 bits per heavy atom. The molecule has 0 spiro atoms. The zero-order valence-corrected chi connectivity index (χ0v) is 7.06. The lowest BCUT2D eigenvalue weighted by Gasteiger charge is -2.47. The van der Waals surface area contributed by atoms with E-state index in [4.69, 9.17) is 0 Å². The van der Waals surface area contributed by atoms with Crippen LogP contribution in [0.5, 0.6) is 0 Å². The Bertz CT molecular complexity index is 268. The predicted octanol–water partition coefficient (Wildman–Crippen LogP) is 3.06. The fourth-order valence-electron chi connectivity index (χ4n) is 2.90. The first-order valence-electron chi connectivity index (χ1n) is 4.82. The van der Waals surface area contributed by atoms with Gasteiger partial charge in [-0.05, 0) is 47.8 Å². The highest BCUT2D eigenvalue weighted by molar-refractivity contribution is 5.61. The molecule has 3 aliphatic carbocycles. The van der Waals surface area contributed by atoms with Crippen molar-refractivity contribution in [3.63, 3.8) is 0 Å². The molecule has 1 fully saturated rings. The molecule has 3 aliphatic rings. The Kier molecular flexibility index (Phi) is 0.988. The number of hydrogen-bond acceptors (Lipinski definition) is 0. The van der Waals surface area contributed by atoms with Gasteiger partial charge in [0.25, 0.3) is 0 Å². The second-order valence-corrected chi connectivity index (χ2v) is 4.22. The maximum atomic E-state index is 2.44. The molecule has 0 aromatic rings. The van der Waals surface area contributed by atoms with Crippen molar-refractivity contribution in [3.05, 3.63) is 22.8 Å². The quantitative estimate of drug-likeness (QED) is 0.533. The van der Waals surface area contributed by atoms with E-state index in [0.717, 1.165) is 11.8 Å². The van der Waals surface area contributed by atoms with Crippen LogP contribution in [0.15, 0.2) is 22.8 Å². The smallest absolute Gasteiger partial charge is 0.0113 e. The normalized spacial score (nSPS) is 38.8. The van der Waals surface area contributed by atoms with Gasteiger partial charge >= 0.3 is 0 Å². The average molecular weight is 146 g/mol. The molecule has 0 aliphatic heterocycles. The van der Waals surface area contributed by atoms with Crippen LogP contribution >= 0.6 is 0 Å². The first-order chi connectivity index (χ1) is 5.38. The zero-order valence-electron chi connectivity index (χ0n) is 7.06. The highest BCUT2D eigenvalue weighted by Gasteiger charge is 2.41. The van der Waals surface area contributed by atoms with Crippen LogP contribution in [0.1, 0.15) is 32.6 Å². The first-order valence-corrected chi connectivity index (χ1v) is 4.82. The van der Waals surface area contributed by atoms with Gasteiger partial charge in [0.15, 0.2) is 0 Å². The molecule has 3 rings (SSSR count). The third-order valence-electron chi connectivity index (χ3n) is 3.62. The van der Waals surface area contributed by atoms with Crippen molar-refractivity contribution in [2.45, 2.75) is 32.6 Å². The molecule has 0 radical (unpaired) electrons. The number of hydrogen-bond donors (Lipinski definition) is 0. The van der Waals surface area contributed by atoms with E-state index in [1.807, 2.05) is 0 Å². The molecule has 0 bridgehead atoms. The summed E-state index contributed by atoms with van der Waals surface area (Å²) in [5.41, 5.74) is 5.20. The molecule has 0 N–H and O–H groups in total. The fraction of sp³-hybridized carbons (Fsp3) is 0.636. The lowest BCUT2D eigenvalue weighted by molar-refractivity contribution is 0.322. The molecule has 1 saturated carbocycles. The topological polar surface area (TPSA) is 0 Å². The molecule has 0 nitrogen and oxygen atoms in total. The standard InChI is InChI=1S/C11H14/c1-2-7-3-8-5-10-6-9(4-7)11(8)10/h5,7,9H,2-4,6H2,1H3. The minimum atomic E-state index is 1.00. The van der Waals surface area contributed by atoms with Crippen LogP contribution in [0.2, 0.25) is 0 Å². The summed E-state index contributed by atoms with van der Waals surface area (Å²) in [5, 5.41) is 0. The SMILES string of the molecule is CCC1CC2=C3C(=C2)CC3C1. The van der Waals surface area contributed by atoms with Gasteiger partial charge in [0.05, 0.1) is 0 Å². The van der Waals surface area contributed by atoms with E-state index in [0.29, 0.717) is 0 Å². The van der Waals surface area contributed by atoms with Crippen LogP contribution < -0.4 is 0 Å². The second kappa shape index (κ2) is 1.80. The Morgan fingerprint density at radius 2 is 2.36 bits per heavy atom. The molecule has 58 valence electrons. The predicted molar refractivity (Wildman–Crippen MR) is 46.2 cm³/mol. The van der Waals surface area contributed by atoms with Gasteiger partial charge in [-0.15, -0.1) is 0 Å². The third kappa shape index (κ3) is 0.610. The molecule has 0 saturated heterocycles. The van der Waals surface area contributed by atoms with Crippen LogP contribution in [0.3, 0.4) is 0 Å². The van der Waals surface area contributed by atoms with E-state index in [2.05, 4.69) is 13.0 Å². The summed E-state index contributed by atoms with van der Waals surface area (Å²) in [6.45, 7) is 2.33. The molecule has 0 aromatic carbocycles. The molecule has 11 heavy (non-hydrogen) atoms. The van der Waals surface area contributed by atoms with Gasteiger partial charge < -0.3 is 0 Å². The monoisotopic (exact) mass is 146 g/mol. The van der Waals surface area contributed by atoms with Gasteiger partial charge in [-0.1, -0.05) is 19.4 Å². The number of allylic oxidation sites excluding steroid dienone is 4. The average Bonchev–Trinajstić information content (AvgIpc) is 1.92. The Labute approximate surface area is 68.0 Å². The molecule has 2 unspecified atom stereocenters. The maximum Gasteiger partial charge on any atom is -0.0113 e. The number of rotatable bonds is 1. The fourth-order valence-corrected chi connectivity index (χ4v) is 2.90. The summed E-state index contributed by atoms with van der Waals surface area (Å²) in [4.78, 5) is 0. The van der Waals surface area contributed by atoms with Crippen molar-refractivity contribution in [2.75, 3.05) is 0 Å². The van der Waals surface area contributed by atoms with Crippen molar-refractivity contribution in [1.29, 1.82) is 0 Å². The van der Waals surface area contributed by atoms with Crippen molar-refractivity contribution in [1.82, 2.24) is 0 Å². The summed E-state index contributed by atoms with van der Waals surface area (Å²) < 4.78 is 0. The van der Waals surface area contributed by atoms with Gasteiger partial charge in [0, 0.05) is 0 Å². The van der Waals surface area contributed by atoms with Crippen LogP contribution in [0, 0.1) is 11.8 Å². The molecule has 0 heterocycles. The van der Waals surface area contributed by atoms with Gasteiger partial charge in [0.1, 0.15) is 0 Å². The van der Waals surface area contributed by atoms with Crippen LogP contribution in [-0.2, 0) is 0 Å². The second-order valence-electron chi connectivity index (χ2n) is 4.22. The van der Waals surface area contributed by atoms with E-state index in [-0.39, 0.29) is 0 Å². The zero-order chi connectivity index (χ0) is 7.42. The van der Waals surface area contributed by atoms with E-state index in [9.17, 15) is 0 Å². The maximum absolute atomic E-state index is 2.44. The van der Waals surface area contributed by atoms with Gasteiger partial charge in [-0.2, -0.15) is 0 Å². The first kappa shape index (κ1) is 6.05. The van der Waals surface area contributed by atoms with Gasteiger partial charge in [-0.25, -0.2) is 0 Å². The third-order valence-corrected chi connectivity index (χ3v) is 3.62. The lowest BCUT2D eigenvalue weighted by atomic mass is 9.57. The van der Waals surface area contributed by atoms with Gasteiger partial charge in [-0.3, -0.25) is 0 Å². The van der Waals surface area contributed by atoms with E-state index in [1.54, 1.807) is 16.7 Å². The van der Waals surface area contributed by atoms with Crippen molar-refractivity contribution in [3.8, 4) is 0 Å². The Balaban J connectivity index is 1.88. The lowest BCUT2D eigenvalue weighted by Crippen LogP contribution is -2.33. The minimum Gasteiger partial charge on any atom is -0.0651 e. The van der Waals surface area contributed by atoms with Crippen molar-refractivity contribution in [2.24, 2.45) is 11.8 Å². The van der Waals surface area contributed by atoms with Crippen LogP contribution in [-0.4, -0.2) is 0 Å². The largest absolute Gasteiger partial charge is 0.0651 e. The van der Waals surface area contributed by atoms with Crippen molar-refractivity contribution < 1.29 is 0 Å². The summed E-state index contributed by atoms with van der Waals surface area (Å²) >= 11 is 0. The highest BCUT2D eigenvalue weighted by Crippen LogP contribution is 2.56. The Hall–Kier alpha value is -0.520. The summed E-state index contributed by atoms with van der Waals surface area (Å²) in [7, 11) is 0. The summed E-state index contributed by atoms with van der Waals surface area (Å²) in [6.07, 6.45) is 8.12. The molecule has 0 heteroatoms. The highest BCUT2D eigenvalue weighted by atomic mass is 14.5. The molecule has 0 amide bonds. The van der Waals surface area contributed by atoms with E-state index in [1.165, 1.54) is 25.7 Å². The van der Waals surface area contributed by atoms with Crippen LogP contribution in [0.25, 0.3) is 0 Å².